The molecule has 4 nitrogen and oxygen atoms in total. The highest BCUT2D eigenvalue weighted by Crippen LogP contribution is 2.31. The van der Waals surface area contributed by atoms with E-state index in [-0.39, 0.29) is 11.6 Å². The minimum atomic E-state index is -4.42. The zero-order chi connectivity index (χ0) is 18.3. The van der Waals surface area contributed by atoms with E-state index in [0.29, 0.717) is 30.8 Å². The van der Waals surface area contributed by atoms with Gasteiger partial charge in [0, 0.05) is 25.9 Å². The van der Waals surface area contributed by atoms with Crippen LogP contribution in [0.3, 0.4) is 0 Å². The lowest BCUT2D eigenvalue weighted by molar-refractivity contribution is -0.137. The molecule has 2 rings (SSSR count). The predicted octanol–water partition coefficient (Wildman–Crippen LogP) is 4.22. The maximum absolute atomic E-state index is 12.8. The number of hydrogen-bond donors (Lipinski definition) is 2. The molecule has 0 aromatic heterocycles. The van der Waals surface area contributed by atoms with Crippen LogP contribution < -0.4 is 10.6 Å². The third kappa shape index (κ3) is 5.49. The maximum atomic E-state index is 12.8. The van der Waals surface area contributed by atoms with Gasteiger partial charge in [0.05, 0.1) is 16.8 Å². The zero-order valence-corrected chi connectivity index (χ0v) is 13.7. The lowest BCUT2D eigenvalue weighted by atomic mass is 10.1. The van der Waals surface area contributed by atoms with Gasteiger partial charge in [0.2, 0.25) is 0 Å². The number of nitrogens with one attached hydrogen (secondary N) is 2. The topological polar surface area (TPSA) is 50.4 Å². The van der Waals surface area contributed by atoms with E-state index in [9.17, 15) is 18.0 Å². The molecule has 0 atom stereocenters. The van der Waals surface area contributed by atoms with Crippen LogP contribution >= 0.6 is 0 Å². The Morgan fingerprint density at radius 3 is 2.60 bits per heavy atom. The Morgan fingerprint density at radius 2 is 1.88 bits per heavy atom. The van der Waals surface area contributed by atoms with Gasteiger partial charge in [-0.25, -0.2) is 0 Å². The molecule has 25 heavy (non-hydrogen) atoms. The molecule has 2 N–H and O–H groups in total. The smallest absolute Gasteiger partial charge is 0.385 e. The molecule has 1 amide bonds. The first-order chi connectivity index (χ1) is 11.9. The lowest BCUT2D eigenvalue weighted by Gasteiger charge is -2.14. The van der Waals surface area contributed by atoms with E-state index in [0.717, 1.165) is 12.1 Å². The van der Waals surface area contributed by atoms with Crippen LogP contribution in [-0.4, -0.2) is 26.2 Å². The monoisotopic (exact) mass is 352 g/mol. The van der Waals surface area contributed by atoms with Crippen molar-refractivity contribution in [2.45, 2.75) is 12.6 Å². The summed E-state index contributed by atoms with van der Waals surface area (Å²) in [5, 5.41) is 5.64. The Hall–Kier alpha value is -2.54. The van der Waals surface area contributed by atoms with Crippen LogP contribution in [0.5, 0.6) is 0 Å². The number of rotatable bonds is 7. The second kappa shape index (κ2) is 8.53. The zero-order valence-electron chi connectivity index (χ0n) is 13.7. The molecule has 2 aromatic rings. The fourth-order valence-electron chi connectivity index (χ4n) is 2.23. The number of hydrogen-bond acceptors (Lipinski definition) is 3. The van der Waals surface area contributed by atoms with Crippen LogP contribution in [0.15, 0.2) is 48.5 Å². The van der Waals surface area contributed by atoms with E-state index in [1.165, 1.54) is 12.1 Å². The number of carbonyl (C=O) groups is 1. The molecule has 0 unspecified atom stereocenters. The van der Waals surface area contributed by atoms with Crippen molar-refractivity contribution in [3.63, 3.8) is 0 Å². The number of alkyl halides is 3. The molecule has 0 bridgehead atoms. The van der Waals surface area contributed by atoms with E-state index in [1.54, 1.807) is 31.4 Å². The molecule has 0 fully saturated rings. The summed E-state index contributed by atoms with van der Waals surface area (Å²) < 4.78 is 43.4. The van der Waals surface area contributed by atoms with Crippen LogP contribution in [0.4, 0.5) is 24.5 Å². The van der Waals surface area contributed by atoms with Crippen molar-refractivity contribution in [2.24, 2.45) is 0 Å². The third-order valence-corrected chi connectivity index (χ3v) is 3.45. The normalized spacial score (nSPS) is 11.2. The molecule has 0 saturated carbocycles. The largest absolute Gasteiger partial charge is 0.416 e. The third-order valence-electron chi connectivity index (χ3n) is 3.45. The number of carbonyl (C=O) groups excluding carboxylic acids is 1. The van der Waals surface area contributed by atoms with E-state index < -0.39 is 11.7 Å². The van der Waals surface area contributed by atoms with E-state index in [4.69, 9.17) is 4.74 Å². The Bertz CT molecular complexity index is 717. The number of anilines is 2. The van der Waals surface area contributed by atoms with Crippen molar-refractivity contribution < 1.29 is 22.7 Å². The predicted molar refractivity (Wildman–Crippen MR) is 90.0 cm³/mol. The first-order valence-corrected chi connectivity index (χ1v) is 7.72. The number of para-hydroxylation sites is 1. The molecule has 0 aliphatic carbocycles. The molecule has 134 valence electrons. The molecule has 0 radical (unpaired) electrons. The van der Waals surface area contributed by atoms with Crippen LogP contribution in [0.1, 0.15) is 22.3 Å². The molecule has 0 saturated heterocycles. The van der Waals surface area contributed by atoms with E-state index >= 15 is 0 Å². The van der Waals surface area contributed by atoms with Gasteiger partial charge in [-0.05, 0) is 36.8 Å². The van der Waals surface area contributed by atoms with Gasteiger partial charge in [0.25, 0.3) is 5.91 Å². The Kier molecular flexibility index (Phi) is 6.41. The minimum Gasteiger partial charge on any atom is -0.385 e. The summed E-state index contributed by atoms with van der Waals surface area (Å²) >= 11 is 0. The lowest BCUT2D eigenvalue weighted by Crippen LogP contribution is -2.25. The fourth-order valence-corrected chi connectivity index (χ4v) is 2.23. The highest BCUT2D eigenvalue weighted by molar-refractivity contribution is 6.00. The molecule has 0 heterocycles. The summed E-state index contributed by atoms with van der Waals surface area (Å²) in [5.74, 6) is -0.300. The van der Waals surface area contributed by atoms with Gasteiger partial charge in [-0.1, -0.05) is 18.2 Å². The van der Waals surface area contributed by atoms with E-state index in [2.05, 4.69) is 10.6 Å². The summed E-state index contributed by atoms with van der Waals surface area (Å²) in [5.41, 5.74) is 0.303. The van der Waals surface area contributed by atoms with Gasteiger partial charge >= 0.3 is 6.18 Å². The first kappa shape index (κ1) is 18.8. The average Bonchev–Trinajstić information content (AvgIpc) is 2.58. The first-order valence-electron chi connectivity index (χ1n) is 7.72. The summed E-state index contributed by atoms with van der Waals surface area (Å²) in [7, 11) is 1.58. The number of methoxy groups -OCH3 is 1. The van der Waals surface area contributed by atoms with Gasteiger partial charge in [0.1, 0.15) is 0 Å². The van der Waals surface area contributed by atoms with Gasteiger partial charge in [-0.3, -0.25) is 4.79 Å². The summed E-state index contributed by atoms with van der Waals surface area (Å²) in [6.07, 6.45) is -3.75. The Labute approximate surface area is 144 Å². The molecule has 2 aromatic carbocycles. The SMILES string of the molecule is COCCCNC(=O)c1ccccc1Nc1cccc(C(F)(F)F)c1. The van der Waals surface area contributed by atoms with Crippen LogP contribution in [0, 0.1) is 0 Å². The summed E-state index contributed by atoms with van der Waals surface area (Å²) in [6, 6.07) is 11.5. The molecule has 7 heteroatoms. The highest BCUT2D eigenvalue weighted by Gasteiger charge is 2.30. The second-order valence-electron chi connectivity index (χ2n) is 5.35. The maximum Gasteiger partial charge on any atom is 0.416 e. The molecular weight excluding hydrogens is 333 g/mol. The van der Waals surface area contributed by atoms with Crippen molar-refractivity contribution in [1.29, 1.82) is 0 Å². The van der Waals surface area contributed by atoms with Gasteiger partial charge < -0.3 is 15.4 Å². The van der Waals surface area contributed by atoms with Crippen LogP contribution in [-0.2, 0) is 10.9 Å². The van der Waals surface area contributed by atoms with Crippen molar-refractivity contribution in [1.82, 2.24) is 5.32 Å². The Morgan fingerprint density at radius 1 is 1.12 bits per heavy atom. The Balaban J connectivity index is 2.14. The molecule has 0 aliphatic heterocycles. The van der Waals surface area contributed by atoms with Gasteiger partial charge in [-0.15, -0.1) is 0 Å². The molecule has 0 spiro atoms. The van der Waals surface area contributed by atoms with Crippen molar-refractivity contribution >= 4 is 17.3 Å². The van der Waals surface area contributed by atoms with E-state index in [1.807, 2.05) is 0 Å². The summed E-state index contributed by atoms with van der Waals surface area (Å²) in [6.45, 7) is 0.981. The van der Waals surface area contributed by atoms with Gasteiger partial charge in [0.15, 0.2) is 0 Å². The molecule has 0 aliphatic rings. The second-order valence-corrected chi connectivity index (χ2v) is 5.35. The van der Waals surface area contributed by atoms with Crippen molar-refractivity contribution in [3.05, 3.63) is 59.7 Å². The summed E-state index contributed by atoms with van der Waals surface area (Å²) in [4.78, 5) is 12.3. The highest BCUT2D eigenvalue weighted by atomic mass is 19.4. The van der Waals surface area contributed by atoms with Crippen molar-refractivity contribution in [2.75, 3.05) is 25.6 Å². The van der Waals surface area contributed by atoms with Crippen LogP contribution in [0.2, 0.25) is 0 Å². The number of benzene rings is 2. The minimum absolute atomic E-state index is 0.259. The van der Waals surface area contributed by atoms with Crippen molar-refractivity contribution in [3.8, 4) is 0 Å². The quantitative estimate of drug-likeness (QED) is 0.734. The standard InChI is InChI=1S/C18H19F3N2O2/c1-25-11-5-10-22-17(24)15-8-2-3-9-16(15)23-14-7-4-6-13(12-14)18(19,20)21/h2-4,6-9,12,23H,5,10-11H2,1H3,(H,22,24). The number of amides is 1. The molecular formula is C18H19F3N2O2. The van der Waals surface area contributed by atoms with Gasteiger partial charge in [-0.2, -0.15) is 13.2 Å². The fraction of sp³-hybridized carbons (Fsp3) is 0.278. The van der Waals surface area contributed by atoms with Crippen LogP contribution in [0.25, 0.3) is 0 Å². The number of ether oxygens (including phenoxy) is 1. The number of halogens is 3. The average molecular weight is 352 g/mol.